The van der Waals surface area contributed by atoms with Crippen LogP contribution in [0.3, 0.4) is 0 Å². The Morgan fingerprint density at radius 3 is 2.72 bits per heavy atom. The van der Waals surface area contributed by atoms with Crippen LogP contribution in [0.15, 0.2) is 60.9 Å². The molecule has 0 radical (unpaired) electrons. The molecule has 0 bridgehead atoms. The average molecular weight is 382 g/mol. The first kappa shape index (κ1) is 18.1. The van der Waals surface area contributed by atoms with Crippen LogP contribution in [0.5, 0.6) is 0 Å². The number of rotatable bonds is 5. The molecule has 2 aromatic heterocycles. The summed E-state index contributed by atoms with van der Waals surface area (Å²) in [5, 5.41) is 20.5. The van der Waals surface area contributed by atoms with Crippen LogP contribution in [0, 0.1) is 18.3 Å². The first-order valence-corrected chi connectivity index (χ1v) is 8.97. The molecule has 0 aliphatic rings. The zero-order chi connectivity index (χ0) is 20.2. The van der Waals surface area contributed by atoms with Gasteiger partial charge in [-0.05, 0) is 55.0 Å². The van der Waals surface area contributed by atoms with Crippen molar-refractivity contribution in [1.29, 1.82) is 5.26 Å². The van der Waals surface area contributed by atoms with Gasteiger partial charge in [0.05, 0.1) is 35.8 Å². The van der Waals surface area contributed by atoms with Gasteiger partial charge in [-0.3, -0.25) is 0 Å². The molecule has 0 atom stereocenters. The fraction of sp³-hybridized carbons (Fsp3) is 0.0952. The molecule has 0 unspecified atom stereocenters. The fourth-order valence-corrected chi connectivity index (χ4v) is 2.92. The van der Waals surface area contributed by atoms with Gasteiger partial charge in [0.15, 0.2) is 0 Å². The first-order chi connectivity index (χ1) is 14.1. The molecule has 0 aliphatic heterocycles. The summed E-state index contributed by atoms with van der Waals surface area (Å²) >= 11 is 0. The van der Waals surface area contributed by atoms with E-state index < -0.39 is 0 Å². The van der Waals surface area contributed by atoms with Gasteiger partial charge in [0.25, 0.3) is 0 Å². The van der Waals surface area contributed by atoms with Crippen LogP contribution in [0.25, 0.3) is 16.9 Å². The van der Waals surface area contributed by atoms with Crippen molar-refractivity contribution >= 4 is 11.6 Å². The third kappa shape index (κ3) is 4.04. The molecular formula is C21H18N8. The van der Waals surface area contributed by atoms with Crippen molar-refractivity contribution in [2.75, 3.05) is 11.1 Å². The number of aromatic nitrogens is 5. The SMILES string of the molecule is Cc1cc(C#N)ccc1-c1ccnc(NCc2cn(-c3ccc(N)cc3)nn2)n1. The number of nitrogens with one attached hydrogen (secondary N) is 1. The van der Waals surface area contributed by atoms with E-state index in [1.807, 2.05) is 55.6 Å². The number of hydrogen-bond donors (Lipinski definition) is 2. The second-order valence-corrected chi connectivity index (χ2v) is 6.51. The van der Waals surface area contributed by atoms with Gasteiger partial charge >= 0.3 is 0 Å². The van der Waals surface area contributed by atoms with Crippen molar-refractivity contribution in [2.45, 2.75) is 13.5 Å². The Balaban J connectivity index is 1.48. The molecule has 0 fully saturated rings. The highest BCUT2D eigenvalue weighted by Crippen LogP contribution is 2.23. The van der Waals surface area contributed by atoms with Gasteiger partial charge in [-0.2, -0.15) is 5.26 Å². The molecule has 2 heterocycles. The molecular weight excluding hydrogens is 364 g/mol. The summed E-state index contributed by atoms with van der Waals surface area (Å²) in [4.78, 5) is 8.85. The lowest BCUT2D eigenvalue weighted by Gasteiger charge is -2.08. The number of nitrogens with zero attached hydrogens (tertiary/aromatic N) is 6. The van der Waals surface area contributed by atoms with E-state index in [0.29, 0.717) is 23.7 Å². The van der Waals surface area contributed by atoms with Gasteiger partial charge in [0.2, 0.25) is 5.95 Å². The van der Waals surface area contributed by atoms with E-state index in [0.717, 1.165) is 28.2 Å². The summed E-state index contributed by atoms with van der Waals surface area (Å²) in [6.45, 7) is 2.39. The van der Waals surface area contributed by atoms with Crippen molar-refractivity contribution in [2.24, 2.45) is 0 Å². The molecule has 0 aliphatic carbocycles. The van der Waals surface area contributed by atoms with Gasteiger partial charge in [0.1, 0.15) is 5.69 Å². The topological polar surface area (TPSA) is 118 Å². The molecule has 8 nitrogen and oxygen atoms in total. The highest BCUT2D eigenvalue weighted by molar-refractivity contribution is 5.65. The number of hydrogen-bond acceptors (Lipinski definition) is 7. The van der Waals surface area contributed by atoms with E-state index in [1.165, 1.54) is 0 Å². The molecule has 3 N–H and O–H groups in total. The van der Waals surface area contributed by atoms with Crippen molar-refractivity contribution in [3.63, 3.8) is 0 Å². The summed E-state index contributed by atoms with van der Waals surface area (Å²) in [6.07, 6.45) is 3.54. The Bertz CT molecular complexity index is 1190. The summed E-state index contributed by atoms with van der Waals surface area (Å²) in [5.74, 6) is 0.494. The Morgan fingerprint density at radius 1 is 1.14 bits per heavy atom. The van der Waals surface area contributed by atoms with E-state index in [9.17, 15) is 0 Å². The van der Waals surface area contributed by atoms with Crippen LogP contribution in [0.1, 0.15) is 16.8 Å². The predicted molar refractivity (Wildman–Crippen MR) is 110 cm³/mol. The molecule has 8 heteroatoms. The molecule has 4 aromatic rings. The maximum absolute atomic E-state index is 9.03. The van der Waals surface area contributed by atoms with Gasteiger partial charge in [0, 0.05) is 17.4 Å². The zero-order valence-electron chi connectivity index (χ0n) is 15.7. The van der Waals surface area contributed by atoms with Gasteiger partial charge < -0.3 is 11.1 Å². The minimum Gasteiger partial charge on any atom is -0.399 e. The molecule has 142 valence electrons. The van der Waals surface area contributed by atoms with Crippen molar-refractivity contribution < 1.29 is 0 Å². The van der Waals surface area contributed by atoms with E-state index in [4.69, 9.17) is 11.0 Å². The Kier molecular flexibility index (Phi) is 4.86. The summed E-state index contributed by atoms with van der Waals surface area (Å²) in [5.41, 5.74) is 11.4. The number of nitriles is 1. The largest absolute Gasteiger partial charge is 0.399 e. The second-order valence-electron chi connectivity index (χ2n) is 6.51. The van der Waals surface area contributed by atoms with Gasteiger partial charge in [-0.25, -0.2) is 14.6 Å². The minimum atomic E-state index is 0.435. The second kappa shape index (κ2) is 7.78. The lowest BCUT2D eigenvalue weighted by molar-refractivity contribution is 0.798. The highest BCUT2D eigenvalue weighted by Gasteiger charge is 2.08. The minimum absolute atomic E-state index is 0.435. The van der Waals surface area contributed by atoms with Gasteiger partial charge in [-0.15, -0.1) is 5.10 Å². The average Bonchev–Trinajstić information content (AvgIpc) is 3.22. The molecule has 0 amide bonds. The zero-order valence-corrected chi connectivity index (χ0v) is 15.7. The number of nitrogen functional groups attached to an aromatic ring is 1. The third-order valence-electron chi connectivity index (χ3n) is 4.41. The highest BCUT2D eigenvalue weighted by atomic mass is 15.4. The Morgan fingerprint density at radius 2 is 1.97 bits per heavy atom. The summed E-state index contributed by atoms with van der Waals surface area (Å²) in [7, 11) is 0. The number of anilines is 2. The standard InChI is InChI=1S/C21H18N8/c1-14-10-15(11-22)2-7-19(14)20-8-9-24-21(26-20)25-12-17-13-29(28-27-17)18-5-3-16(23)4-6-18/h2-10,13H,12,23H2,1H3,(H,24,25,26). The van der Waals surface area contributed by atoms with Gasteiger partial charge in [-0.1, -0.05) is 11.3 Å². The van der Waals surface area contributed by atoms with Crippen molar-refractivity contribution in [3.8, 4) is 23.0 Å². The molecule has 0 saturated carbocycles. The lowest BCUT2D eigenvalue weighted by Crippen LogP contribution is -2.04. The van der Waals surface area contributed by atoms with E-state index in [-0.39, 0.29) is 0 Å². The lowest BCUT2D eigenvalue weighted by atomic mass is 10.0. The molecule has 0 spiro atoms. The van der Waals surface area contributed by atoms with Crippen LogP contribution in [-0.2, 0) is 6.54 Å². The number of benzene rings is 2. The molecule has 2 aromatic carbocycles. The Hall–Kier alpha value is -4.25. The fourth-order valence-electron chi connectivity index (χ4n) is 2.92. The van der Waals surface area contributed by atoms with E-state index in [1.54, 1.807) is 16.9 Å². The maximum Gasteiger partial charge on any atom is 0.223 e. The van der Waals surface area contributed by atoms with Crippen LogP contribution >= 0.6 is 0 Å². The van der Waals surface area contributed by atoms with E-state index >= 15 is 0 Å². The molecule has 4 rings (SSSR count). The van der Waals surface area contributed by atoms with Crippen LogP contribution in [0.2, 0.25) is 0 Å². The molecule has 0 saturated heterocycles. The quantitative estimate of drug-likeness (QED) is 0.509. The van der Waals surface area contributed by atoms with Crippen molar-refractivity contribution in [3.05, 3.63) is 77.7 Å². The first-order valence-electron chi connectivity index (χ1n) is 8.97. The number of aryl methyl sites for hydroxylation is 1. The summed E-state index contributed by atoms with van der Waals surface area (Å²) in [6, 6.07) is 16.9. The number of nitrogens with two attached hydrogens (primary N) is 1. The maximum atomic E-state index is 9.03. The normalized spacial score (nSPS) is 10.5. The van der Waals surface area contributed by atoms with Crippen LogP contribution < -0.4 is 11.1 Å². The third-order valence-corrected chi connectivity index (χ3v) is 4.41. The van der Waals surface area contributed by atoms with Crippen LogP contribution in [0.4, 0.5) is 11.6 Å². The van der Waals surface area contributed by atoms with Crippen LogP contribution in [-0.4, -0.2) is 25.0 Å². The smallest absolute Gasteiger partial charge is 0.223 e. The molecule has 29 heavy (non-hydrogen) atoms. The van der Waals surface area contributed by atoms with Crippen molar-refractivity contribution in [1.82, 2.24) is 25.0 Å². The Labute approximate surface area is 167 Å². The predicted octanol–water partition coefficient (Wildman–Crippen LogP) is 3.10. The van der Waals surface area contributed by atoms with E-state index in [2.05, 4.69) is 31.7 Å². The summed E-state index contributed by atoms with van der Waals surface area (Å²) < 4.78 is 1.69. The monoisotopic (exact) mass is 382 g/mol.